The number of hydrogen-bond acceptors (Lipinski definition) is 4. The zero-order valence-electron chi connectivity index (χ0n) is 8.55. The minimum atomic E-state index is -4.91. The molecule has 1 heterocycles. The van der Waals surface area contributed by atoms with E-state index >= 15 is 0 Å². The van der Waals surface area contributed by atoms with Crippen molar-refractivity contribution >= 4 is 17.9 Å². The lowest BCUT2D eigenvalue weighted by Crippen LogP contribution is -2.19. The van der Waals surface area contributed by atoms with Gasteiger partial charge in [-0.15, -0.1) is 24.8 Å². The van der Waals surface area contributed by atoms with E-state index in [9.17, 15) is 18.0 Å². The number of carbonyl (C=O) groups is 1. The molecule has 0 atom stereocenters. The average Bonchev–Trinajstić information content (AvgIpc) is 2.26. The van der Waals surface area contributed by atoms with Gasteiger partial charge in [-0.2, -0.15) is 0 Å². The van der Waals surface area contributed by atoms with Gasteiger partial charge in [-0.05, 0) is 5.56 Å². The molecule has 0 amide bonds. The molecule has 1 aromatic rings. The SMILES string of the molecule is COc1c(OC(F)(F)F)ncc(CCl)c1C=O. The van der Waals surface area contributed by atoms with Gasteiger partial charge in [0.25, 0.3) is 5.88 Å². The van der Waals surface area contributed by atoms with Crippen LogP contribution in [0.4, 0.5) is 13.2 Å². The molecule has 0 N–H and O–H groups in total. The van der Waals surface area contributed by atoms with Gasteiger partial charge >= 0.3 is 6.36 Å². The van der Waals surface area contributed by atoms with Crippen LogP contribution in [0.5, 0.6) is 11.6 Å². The van der Waals surface area contributed by atoms with E-state index in [1.807, 2.05) is 0 Å². The summed E-state index contributed by atoms with van der Waals surface area (Å²) in [6.45, 7) is 0. The van der Waals surface area contributed by atoms with Crippen LogP contribution >= 0.6 is 11.6 Å². The van der Waals surface area contributed by atoms with Crippen molar-refractivity contribution in [1.29, 1.82) is 0 Å². The lowest BCUT2D eigenvalue weighted by molar-refractivity contribution is -0.276. The summed E-state index contributed by atoms with van der Waals surface area (Å²) < 4.78 is 44.4. The van der Waals surface area contributed by atoms with Gasteiger partial charge in [-0.25, -0.2) is 4.98 Å². The van der Waals surface area contributed by atoms with Crippen LogP contribution < -0.4 is 9.47 Å². The lowest BCUT2D eigenvalue weighted by Gasteiger charge is -2.13. The maximum Gasteiger partial charge on any atom is 0.574 e. The van der Waals surface area contributed by atoms with E-state index < -0.39 is 18.0 Å². The van der Waals surface area contributed by atoms with E-state index in [4.69, 9.17) is 11.6 Å². The molecule has 0 aromatic carbocycles. The highest BCUT2D eigenvalue weighted by atomic mass is 35.5. The predicted octanol–water partition coefficient (Wildman–Crippen LogP) is 2.54. The van der Waals surface area contributed by atoms with Crippen molar-refractivity contribution in [2.24, 2.45) is 0 Å². The number of pyridine rings is 1. The number of aldehydes is 1. The first-order valence-corrected chi connectivity index (χ1v) is 4.79. The molecule has 0 saturated heterocycles. The van der Waals surface area contributed by atoms with Crippen molar-refractivity contribution in [3.63, 3.8) is 0 Å². The Bertz CT molecular complexity index is 423. The molecule has 0 fully saturated rings. The van der Waals surface area contributed by atoms with E-state index in [1.165, 1.54) is 0 Å². The molecule has 1 aromatic heterocycles. The Morgan fingerprint density at radius 3 is 2.59 bits per heavy atom. The monoisotopic (exact) mass is 269 g/mol. The summed E-state index contributed by atoms with van der Waals surface area (Å²) in [5.41, 5.74) is 0.143. The molecule has 1 rings (SSSR count). The number of rotatable bonds is 4. The second-order valence-corrected chi connectivity index (χ2v) is 3.10. The Morgan fingerprint density at radius 1 is 1.53 bits per heavy atom. The van der Waals surface area contributed by atoms with E-state index in [0.717, 1.165) is 13.3 Å². The van der Waals surface area contributed by atoms with Crippen LogP contribution in [0.3, 0.4) is 0 Å². The van der Waals surface area contributed by atoms with Crippen molar-refractivity contribution in [2.75, 3.05) is 7.11 Å². The van der Waals surface area contributed by atoms with E-state index in [2.05, 4.69) is 14.5 Å². The third-order valence-corrected chi connectivity index (χ3v) is 2.09. The van der Waals surface area contributed by atoms with E-state index in [1.54, 1.807) is 0 Å². The van der Waals surface area contributed by atoms with Gasteiger partial charge in [0.15, 0.2) is 12.0 Å². The fourth-order valence-corrected chi connectivity index (χ4v) is 1.35. The van der Waals surface area contributed by atoms with Gasteiger partial charge in [0, 0.05) is 12.1 Å². The van der Waals surface area contributed by atoms with Crippen LogP contribution in [0.2, 0.25) is 0 Å². The summed E-state index contributed by atoms with van der Waals surface area (Å²) in [5.74, 6) is -1.30. The molecule has 94 valence electrons. The van der Waals surface area contributed by atoms with Crippen molar-refractivity contribution in [1.82, 2.24) is 4.98 Å². The molecule has 8 heteroatoms. The Morgan fingerprint density at radius 2 is 2.18 bits per heavy atom. The van der Waals surface area contributed by atoms with Crippen LogP contribution in [0.1, 0.15) is 15.9 Å². The van der Waals surface area contributed by atoms with Crippen molar-refractivity contribution in [2.45, 2.75) is 12.2 Å². The van der Waals surface area contributed by atoms with Crippen molar-refractivity contribution < 1.29 is 27.4 Å². The molecule has 0 aliphatic rings. The highest BCUT2D eigenvalue weighted by molar-refractivity contribution is 6.17. The molecule has 0 spiro atoms. The summed E-state index contributed by atoms with van der Waals surface area (Å²) >= 11 is 5.51. The third-order valence-electron chi connectivity index (χ3n) is 1.80. The van der Waals surface area contributed by atoms with Gasteiger partial charge in [0.05, 0.1) is 12.7 Å². The van der Waals surface area contributed by atoms with Crippen molar-refractivity contribution in [3.05, 3.63) is 17.3 Å². The molecule has 0 bridgehead atoms. The van der Waals surface area contributed by atoms with Crippen LogP contribution in [0, 0.1) is 0 Å². The number of methoxy groups -OCH3 is 1. The molecular formula is C9H7ClF3NO3. The lowest BCUT2D eigenvalue weighted by atomic mass is 10.1. The van der Waals surface area contributed by atoms with Crippen molar-refractivity contribution in [3.8, 4) is 11.6 Å². The number of aromatic nitrogens is 1. The molecule has 17 heavy (non-hydrogen) atoms. The van der Waals surface area contributed by atoms with E-state index in [0.29, 0.717) is 6.29 Å². The standard InChI is InChI=1S/C9H7ClF3NO3/c1-16-7-6(4-15)5(2-10)3-14-8(7)17-9(11,12)13/h3-4H,2H2,1H3. The van der Waals surface area contributed by atoms with Gasteiger partial charge < -0.3 is 9.47 Å². The van der Waals surface area contributed by atoms with Crippen LogP contribution in [-0.2, 0) is 5.88 Å². The number of nitrogens with zero attached hydrogens (tertiary/aromatic N) is 1. The number of carbonyl (C=O) groups excluding carboxylic acids is 1. The zero-order valence-corrected chi connectivity index (χ0v) is 9.30. The van der Waals surface area contributed by atoms with Gasteiger partial charge in [0.1, 0.15) is 0 Å². The minimum Gasteiger partial charge on any atom is -0.491 e. The van der Waals surface area contributed by atoms with Crippen LogP contribution in [0.25, 0.3) is 0 Å². The molecular weight excluding hydrogens is 263 g/mol. The largest absolute Gasteiger partial charge is 0.574 e. The second-order valence-electron chi connectivity index (χ2n) is 2.83. The Balaban J connectivity index is 3.28. The molecule has 0 aliphatic carbocycles. The second kappa shape index (κ2) is 5.22. The van der Waals surface area contributed by atoms with Gasteiger partial charge in [0.2, 0.25) is 0 Å². The summed E-state index contributed by atoms with van der Waals surface area (Å²) in [6, 6.07) is 0. The maximum absolute atomic E-state index is 12.0. The Kier molecular flexibility index (Phi) is 4.17. The third kappa shape index (κ3) is 3.23. The first-order valence-electron chi connectivity index (χ1n) is 4.25. The fourth-order valence-electron chi connectivity index (χ4n) is 1.14. The normalized spacial score (nSPS) is 11.1. The number of halogens is 4. The molecule has 0 saturated carbocycles. The zero-order chi connectivity index (χ0) is 13.1. The first kappa shape index (κ1) is 13.6. The average molecular weight is 270 g/mol. The number of alkyl halides is 4. The predicted molar refractivity (Wildman–Crippen MR) is 52.4 cm³/mol. The quantitative estimate of drug-likeness (QED) is 0.622. The highest BCUT2D eigenvalue weighted by Crippen LogP contribution is 2.34. The Labute approximate surface area is 99.3 Å². The summed E-state index contributed by atoms with van der Waals surface area (Å²) in [7, 11) is 1.10. The molecule has 0 radical (unpaired) electrons. The van der Waals surface area contributed by atoms with E-state index in [-0.39, 0.29) is 17.0 Å². The number of ether oxygens (including phenoxy) is 2. The minimum absolute atomic E-state index is 0.0796. The summed E-state index contributed by atoms with van der Waals surface area (Å²) in [6.07, 6.45) is -3.55. The molecule has 0 unspecified atom stereocenters. The van der Waals surface area contributed by atoms with Crippen LogP contribution in [0.15, 0.2) is 6.20 Å². The van der Waals surface area contributed by atoms with Gasteiger partial charge in [-0.1, -0.05) is 0 Å². The smallest absolute Gasteiger partial charge is 0.491 e. The topological polar surface area (TPSA) is 48.4 Å². The molecule has 0 aliphatic heterocycles. The maximum atomic E-state index is 12.0. The van der Waals surface area contributed by atoms with Gasteiger partial charge in [-0.3, -0.25) is 4.79 Å². The highest BCUT2D eigenvalue weighted by Gasteiger charge is 2.34. The first-order chi connectivity index (χ1) is 7.92. The van der Waals surface area contributed by atoms with Crippen LogP contribution in [-0.4, -0.2) is 24.7 Å². The summed E-state index contributed by atoms with van der Waals surface area (Å²) in [4.78, 5) is 14.2. The Hall–Kier alpha value is -1.50. The number of hydrogen-bond donors (Lipinski definition) is 0. The summed E-state index contributed by atoms with van der Waals surface area (Å²) in [5, 5.41) is 0. The molecule has 4 nitrogen and oxygen atoms in total. The fraction of sp³-hybridized carbons (Fsp3) is 0.333.